The van der Waals surface area contributed by atoms with Gasteiger partial charge >= 0.3 is 0 Å². The Labute approximate surface area is 193 Å². The monoisotopic (exact) mass is 466 g/mol. The maximum atomic E-state index is 12.3. The van der Waals surface area contributed by atoms with Gasteiger partial charge in [-0.3, -0.25) is 4.79 Å². The van der Waals surface area contributed by atoms with E-state index in [2.05, 4.69) is 20.3 Å². The highest BCUT2D eigenvalue weighted by Crippen LogP contribution is 2.27. The van der Waals surface area contributed by atoms with E-state index in [4.69, 9.17) is 11.6 Å². The molecule has 0 saturated carbocycles. The number of thioether (sulfide) groups is 1. The average Bonchev–Trinajstić information content (AvgIpc) is 3.23. The highest BCUT2D eigenvalue weighted by Gasteiger charge is 2.10. The van der Waals surface area contributed by atoms with Gasteiger partial charge in [0.05, 0.1) is 11.4 Å². The van der Waals surface area contributed by atoms with Crippen LogP contribution in [0.4, 0.5) is 5.13 Å². The van der Waals surface area contributed by atoms with Crippen LogP contribution in [0.25, 0.3) is 22.5 Å². The third kappa shape index (κ3) is 5.91. The van der Waals surface area contributed by atoms with Crippen LogP contribution < -0.4 is 5.32 Å². The Morgan fingerprint density at radius 3 is 2.52 bits per heavy atom. The summed E-state index contributed by atoms with van der Waals surface area (Å²) >= 11 is 8.88. The van der Waals surface area contributed by atoms with Crippen molar-refractivity contribution in [3.05, 3.63) is 76.9 Å². The number of nitrogens with one attached hydrogen (secondary N) is 1. The molecule has 0 fully saturated rings. The topological polar surface area (TPSA) is 67.8 Å². The number of rotatable bonds is 7. The molecule has 0 aliphatic rings. The summed E-state index contributed by atoms with van der Waals surface area (Å²) in [5.74, 6) is 1.26. The van der Waals surface area contributed by atoms with Crippen LogP contribution in [0.1, 0.15) is 12.2 Å². The molecule has 4 aromatic rings. The number of carbonyl (C=O) groups is 1. The SMILES string of the molecule is Cc1nc(SCCC(=O)Nc2nc(-c3ccc(Cl)cc3)cs2)cc(-c2ccccc2)n1. The van der Waals surface area contributed by atoms with Crippen LogP contribution in [0, 0.1) is 6.92 Å². The smallest absolute Gasteiger partial charge is 0.226 e. The molecular weight excluding hydrogens is 448 g/mol. The third-order valence-electron chi connectivity index (χ3n) is 4.35. The van der Waals surface area contributed by atoms with Crippen LogP contribution in [-0.2, 0) is 4.79 Å². The number of aromatic nitrogens is 3. The number of thiazole rings is 1. The highest BCUT2D eigenvalue weighted by molar-refractivity contribution is 7.99. The first-order valence-corrected chi connectivity index (χ1v) is 11.9. The molecular formula is C23H19ClN4OS2. The van der Waals surface area contributed by atoms with Crippen molar-refractivity contribution in [3.63, 3.8) is 0 Å². The number of carbonyl (C=O) groups excluding carboxylic acids is 1. The first-order valence-electron chi connectivity index (χ1n) is 9.62. The van der Waals surface area contributed by atoms with E-state index in [0.717, 1.165) is 27.5 Å². The zero-order chi connectivity index (χ0) is 21.6. The number of anilines is 1. The fourth-order valence-electron chi connectivity index (χ4n) is 2.89. The molecule has 2 aromatic carbocycles. The maximum absolute atomic E-state index is 12.3. The molecule has 0 spiro atoms. The predicted molar refractivity (Wildman–Crippen MR) is 129 cm³/mol. The summed E-state index contributed by atoms with van der Waals surface area (Å²) in [6.07, 6.45) is 0.365. The normalized spacial score (nSPS) is 10.8. The van der Waals surface area contributed by atoms with E-state index in [1.807, 2.05) is 73.0 Å². The summed E-state index contributed by atoms with van der Waals surface area (Å²) < 4.78 is 0. The molecule has 0 bridgehead atoms. The van der Waals surface area contributed by atoms with Crippen molar-refractivity contribution >= 4 is 45.7 Å². The number of hydrogen-bond donors (Lipinski definition) is 1. The van der Waals surface area contributed by atoms with Gasteiger partial charge in [0, 0.05) is 33.7 Å². The molecule has 0 radical (unpaired) electrons. The second kappa shape index (κ2) is 10.0. The van der Waals surface area contributed by atoms with Crippen molar-refractivity contribution in [1.29, 1.82) is 0 Å². The van der Waals surface area contributed by atoms with Gasteiger partial charge in [0.15, 0.2) is 5.13 Å². The molecule has 156 valence electrons. The van der Waals surface area contributed by atoms with Gasteiger partial charge in [-0.2, -0.15) is 0 Å². The summed E-state index contributed by atoms with van der Waals surface area (Å²) in [5, 5.41) is 6.92. The molecule has 0 unspecified atom stereocenters. The molecule has 1 N–H and O–H groups in total. The van der Waals surface area contributed by atoms with E-state index in [0.29, 0.717) is 28.2 Å². The van der Waals surface area contributed by atoms with Gasteiger partial charge in [0.25, 0.3) is 0 Å². The van der Waals surface area contributed by atoms with Gasteiger partial charge in [0.1, 0.15) is 10.9 Å². The van der Waals surface area contributed by atoms with Crippen molar-refractivity contribution in [2.24, 2.45) is 0 Å². The second-order valence-corrected chi connectivity index (χ2v) is 9.11. The fraction of sp³-hybridized carbons (Fsp3) is 0.130. The Morgan fingerprint density at radius 2 is 1.74 bits per heavy atom. The second-order valence-electron chi connectivity index (χ2n) is 6.70. The summed E-state index contributed by atoms with van der Waals surface area (Å²) in [6, 6.07) is 19.4. The Hall–Kier alpha value is -2.74. The lowest BCUT2D eigenvalue weighted by molar-refractivity contribution is -0.115. The van der Waals surface area contributed by atoms with Crippen molar-refractivity contribution in [3.8, 4) is 22.5 Å². The quantitative estimate of drug-likeness (QED) is 0.254. The zero-order valence-electron chi connectivity index (χ0n) is 16.7. The summed E-state index contributed by atoms with van der Waals surface area (Å²) in [6.45, 7) is 1.88. The molecule has 4 rings (SSSR count). The van der Waals surface area contributed by atoms with Crippen LogP contribution >= 0.6 is 34.7 Å². The zero-order valence-corrected chi connectivity index (χ0v) is 19.1. The van der Waals surface area contributed by atoms with Crippen LogP contribution in [0.15, 0.2) is 71.1 Å². The largest absolute Gasteiger partial charge is 0.302 e. The van der Waals surface area contributed by atoms with Gasteiger partial charge in [-0.1, -0.05) is 54.1 Å². The maximum Gasteiger partial charge on any atom is 0.226 e. The first-order chi connectivity index (χ1) is 15.1. The highest BCUT2D eigenvalue weighted by atomic mass is 35.5. The van der Waals surface area contributed by atoms with Crippen molar-refractivity contribution in [2.45, 2.75) is 18.4 Å². The van der Waals surface area contributed by atoms with Gasteiger partial charge in [0.2, 0.25) is 5.91 Å². The van der Waals surface area contributed by atoms with E-state index < -0.39 is 0 Å². The van der Waals surface area contributed by atoms with Crippen LogP contribution in [0.2, 0.25) is 5.02 Å². The Bertz CT molecular complexity index is 1180. The molecule has 0 saturated heterocycles. The minimum atomic E-state index is -0.0708. The number of amides is 1. The lowest BCUT2D eigenvalue weighted by Gasteiger charge is -2.06. The van der Waals surface area contributed by atoms with Gasteiger partial charge in [-0.15, -0.1) is 23.1 Å². The first kappa shape index (κ1) is 21.5. The molecule has 0 aliphatic carbocycles. The fourth-order valence-corrected chi connectivity index (χ4v) is 4.64. The Morgan fingerprint density at radius 1 is 1.00 bits per heavy atom. The molecule has 5 nitrogen and oxygen atoms in total. The standard InChI is InChI=1S/C23H19ClN4OS2/c1-15-25-19(16-5-3-2-4-6-16)13-22(26-15)30-12-11-21(29)28-23-27-20(14-31-23)17-7-9-18(24)10-8-17/h2-10,13-14H,11-12H2,1H3,(H,27,28,29). The Kier molecular flexibility index (Phi) is 6.96. The number of halogens is 1. The number of hydrogen-bond acceptors (Lipinski definition) is 6. The molecule has 0 aliphatic heterocycles. The van der Waals surface area contributed by atoms with E-state index in [1.165, 1.54) is 11.3 Å². The number of benzene rings is 2. The van der Waals surface area contributed by atoms with E-state index in [9.17, 15) is 4.79 Å². The molecule has 8 heteroatoms. The van der Waals surface area contributed by atoms with Gasteiger partial charge in [-0.25, -0.2) is 15.0 Å². The van der Waals surface area contributed by atoms with Crippen molar-refractivity contribution < 1.29 is 4.79 Å². The lowest BCUT2D eigenvalue weighted by Crippen LogP contribution is -2.12. The number of nitrogens with zero attached hydrogens (tertiary/aromatic N) is 3. The van der Waals surface area contributed by atoms with Crippen molar-refractivity contribution in [1.82, 2.24) is 15.0 Å². The summed E-state index contributed by atoms with van der Waals surface area (Å²) in [4.78, 5) is 25.8. The van der Waals surface area contributed by atoms with Crippen molar-refractivity contribution in [2.75, 3.05) is 11.1 Å². The van der Waals surface area contributed by atoms with Gasteiger partial charge in [-0.05, 0) is 25.1 Å². The summed E-state index contributed by atoms with van der Waals surface area (Å²) in [5.41, 5.74) is 3.71. The Balaban J connectivity index is 1.32. The van der Waals surface area contributed by atoms with Crippen LogP contribution in [-0.4, -0.2) is 26.6 Å². The van der Waals surface area contributed by atoms with Crippen LogP contribution in [0.3, 0.4) is 0 Å². The molecule has 2 aromatic heterocycles. The molecule has 31 heavy (non-hydrogen) atoms. The minimum Gasteiger partial charge on any atom is -0.302 e. The minimum absolute atomic E-state index is 0.0708. The molecule has 0 atom stereocenters. The average molecular weight is 467 g/mol. The lowest BCUT2D eigenvalue weighted by atomic mass is 10.1. The summed E-state index contributed by atoms with van der Waals surface area (Å²) in [7, 11) is 0. The van der Waals surface area contributed by atoms with E-state index in [1.54, 1.807) is 11.8 Å². The van der Waals surface area contributed by atoms with Crippen LogP contribution in [0.5, 0.6) is 0 Å². The third-order valence-corrected chi connectivity index (χ3v) is 6.28. The van der Waals surface area contributed by atoms with E-state index >= 15 is 0 Å². The van der Waals surface area contributed by atoms with Gasteiger partial charge < -0.3 is 5.32 Å². The molecule has 1 amide bonds. The number of aryl methyl sites for hydroxylation is 1. The van der Waals surface area contributed by atoms with E-state index in [-0.39, 0.29) is 5.91 Å². The predicted octanol–water partition coefficient (Wildman–Crippen LogP) is 6.35. The molecule has 2 heterocycles.